The van der Waals surface area contributed by atoms with Crippen LogP contribution in [0, 0.1) is 0 Å². The van der Waals surface area contributed by atoms with Gasteiger partial charge in [0.05, 0.1) is 24.9 Å². The van der Waals surface area contributed by atoms with Gasteiger partial charge in [-0.2, -0.15) is 8.78 Å². The van der Waals surface area contributed by atoms with Gasteiger partial charge in [-0.3, -0.25) is 4.90 Å². The van der Waals surface area contributed by atoms with Gasteiger partial charge in [0.1, 0.15) is 34.8 Å². The number of benzene rings is 1. The fraction of sp³-hybridized carbons (Fsp3) is 0.400. The van der Waals surface area contributed by atoms with Gasteiger partial charge in [-0.1, -0.05) is 24.3 Å². The molecule has 42 heavy (non-hydrogen) atoms. The van der Waals surface area contributed by atoms with Crippen molar-refractivity contribution in [1.29, 1.82) is 0 Å². The predicted octanol–water partition coefficient (Wildman–Crippen LogP) is 5.87. The van der Waals surface area contributed by atoms with Crippen LogP contribution in [0.15, 0.2) is 43.0 Å². The Morgan fingerprint density at radius 2 is 1.88 bits per heavy atom. The van der Waals surface area contributed by atoms with E-state index in [1.807, 2.05) is 12.1 Å². The molecule has 4 heterocycles. The lowest BCUT2D eigenvalue weighted by atomic mass is 9.74. The Balaban J connectivity index is 1.25. The van der Waals surface area contributed by atoms with Crippen LogP contribution in [0.3, 0.4) is 0 Å². The SMILES string of the molecule is COc1ncnc(C2CC2)c1-c1ncc2c(n1)N(Cc1ccc(-c3nc(C(C)(F)F)cn3C)cc1)C(=O)OC21CCC1. The van der Waals surface area contributed by atoms with E-state index in [0.717, 1.165) is 43.0 Å². The fourth-order valence-corrected chi connectivity index (χ4v) is 5.69. The molecule has 216 valence electrons. The molecule has 0 atom stereocenters. The quantitative estimate of drug-likeness (QED) is 0.270. The molecule has 1 aliphatic heterocycles. The Bertz CT molecular complexity index is 1690. The van der Waals surface area contributed by atoms with Gasteiger partial charge in [0, 0.05) is 37.8 Å². The highest BCUT2D eigenvalue weighted by Crippen LogP contribution is 2.52. The largest absolute Gasteiger partial charge is 0.480 e. The monoisotopic (exact) mass is 573 g/mol. The minimum absolute atomic E-state index is 0.190. The highest BCUT2D eigenvalue weighted by Gasteiger charge is 2.50. The van der Waals surface area contributed by atoms with Gasteiger partial charge >= 0.3 is 6.09 Å². The first-order valence-electron chi connectivity index (χ1n) is 13.9. The summed E-state index contributed by atoms with van der Waals surface area (Å²) < 4.78 is 40.8. The van der Waals surface area contributed by atoms with Crippen LogP contribution >= 0.6 is 0 Å². The first kappa shape index (κ1) is 26.4. The van der Waals surface area contributed by atoms with Gasteiger partial charge in [-0.05, 0) is 37.7 Å². The number of nitrogens with zero attached hydrogens (tertiary/aromatic N) is 7. The number of halogens is 2. The standard InChI is InChI=1S/C30H29F2N7O3/c1-29(31,32)21-15-38(2)25(36-21)19-7-5-17(6-8-19)14-39-26-20(30(11-4-12-30)42-28(39)40)13-33-24(37-26)22-23(18-9-10-18)34-16-35-27(22)41-3/h5-8,13,15-16,18H,4,9-12,14H2,1-3H3. The van der Waals surface area contributed by atoms with Crippen LogP contribution in [0.2, 0.25) is 0 Å². The molecule has 0 bridgehead atoms. The second kappa shape index (κ2) is 9.53. The van der Waals surface area contributed by atoms with E-state index in [4.69, 9.17) is 19.4 Å². The molecule has 4 aromatic rings. The number of anilines is 1. The number of hydrogen-bond donors (Lipinski definition) is 0. The highest BCUT2D eigenvalue weighted by molar-refractivity contribution is 5.90. The Labute approximate surface area is 240 Å². The number of hydrogen-bond acceptors (Lipinski definition) is 8. The molecule has 7 rings (SSSR count). The zero-order valence-corrected chi connectivity index (χ0v) is 23.5. The third-order valence-electron chi connectivity index (χ3n) is 8.28. The summed E-state index contributed by atoms with van der Waals surface area (Å²) in [6.45, 7) is 1.02. The molecule has 1 spiro atoms. The molecule has 0 radical (unpaired) electrons. The summed E-state index contributed by atoms with van der Waals surface area (Å²) in [4.78, 5) is 37.6. The molecular weight excluding hydrogens is 544 g/mol. The van der Waals surface area contributed by atoms with Crippen molar-refractivity contribution in [2.24, 2.45) is 7.05 Å². The maximum Gasteiger partial charge on any atom is 0.416 e. The number of rotatable bonds is 7. The van der Waals surface area contributed by atoms with Crippen LogP contribution in [-0.2, 0) is 29.9 Å². The van der Waals surface area contributed by atoms with Crippen molar-refractivity contribution < 1.29 is 23.0 Å². The molecule has 1 amide bonds. The second-order valence-electron chi connectivity index (χ2n) is 11.3. The third kappa shape index (κ3) is 4.36. The van der Waals surface area contributed by atoms with Gasteiger partial charge in [-0.25, -0.2) is 29.7 Å². The normalized spacial score (nSPS) is 17.5. The average molecular weight is 574 g/mol. The predicted molar refractivity (Wildman–Crippen MR) is 148 cm³/mol. The van der Waals surface area contributed by atoms with E-state index < -0.39 is 17.6 Å². The Kier molecular flexibility index (Phi) is 6.00. The van der Waals surface area contributed by atoms with Crippen molar-refractivity contribution in [2.45, 2.75) is 63.0 Å². The van der Waals surface area contributed by atoms with Crippen molar-refractivity contribution >= 4 is 11.9 Å². The smallest absolute Gasteiger partial charge is 0.416 e. The van der Waals surface area contributed by atoms with Gasteiger partial charge < -0.3 is 14.0 Å². The van der Waals surface area contributed by atoms with Crippen LogP contribution in [0.4, 0.5) is 19.4 Å². The summed E-state index contributed by atoms with van der Waals surface area (Å²) in [5.41, 5.74) is 2.74. The number of carbonyl (C=O) groups is 1. The average Bonchev–Trinajstić information content (AvgIpc) is 3.73. The number of aromatic nitrogens is 6. The first-order valence-corrected chi connectivity index (χ1v) is 13.9. The van der Waals surface area contributed by atoms with Crippen LogP contribution in [-0.4, -0.2) is 42.7 Å². The van der Waals surface area contributed by atoms with Crippen molar-refractivity contribution in [2.75, 3.05) is 12.0 Å². The Hall–Kier alpha value is -4.48. The zero-order valence-electron chi connectivity index (χ0n) is 23.5. The van der Waals surface area contributed by atoms with Crippen LogP contribution in [0.1, 0.15) is 67.5 Å². The topological polar surface area (TPSA) is 108 Å². The molecule has 2 fully saturated rings. The molecule has 0 unspecified atom stereocenters. The Morgan fingerprint density at radius 3 is 2.50 bits per heavy atom. The van der Waals surface area contributed by atoms with Crippen molar-refractivity contribution in [3.63, 3.8) is 0 Å². The molecule has 0 N–H and O–H groups in total. The molecule has 10 nitrogen and oxygen atoms in total. The number of imidazole rings is 1. The molecular formula is C30H29F2N7O3. The van der Waals surface area contributed by atoms with E-state index in [2.05, 4.69) is 15.0 Å². The molecule has 1 aromatic carbocycles. The highest BCUT2D eigenvalue weighted by atomic mass is 19.3. The summed E-state index contributed by atoms with van der Waals surface area (Å²) in [7, 11) is 3.23. The zero-order chi connectivity index (χ0) is 29.2. The van der Waals surface area contributed by atoms with Crippen molar-refractivity contribution in [3.05, 3.63) is 65.5 Å². The fourth-order valence-electron chi connectivity index (χ4n) is 5.69. The number of alkyl halides is 2. The van der Waals surface area contributed by atoms with Crippen molar-refractivity contribution in [1.82, 2.24) is 29.5 Å². The molecule has 2 saturated carbocycles. The molecule has 3 aromatic heterocycles. The van der Waals surface area contributed by atoms with Gasteiger partial charge in [0.25, 0.3) is 5.92 Å². The maximum atomic E-state index is 13.8. The maximum absolute atomic E-state index is 13.8. The molecule has 2 aliphatic carbocycles. The minimum Gasteiger partial charge on any atom is -0.480 e. The molecule has 3 aliphatic rings. The van der Waals surface area contributed by atoms with Crippen LogP contribution in [0.25, 0.3) is 22.8 Å². The van der Waals surface area contributed by atoms with Crippen LogP contribution < -0.4 is 9.64 Å². The van der Waals surface area contributed by atoms with E-state index in [0.29, 0.717) is 53.2 Å². The summed E-state index contributed by atoms with van der Waals surface area (Å²) in [5.74, 6) is -1.03. The van der Waals surface area contributed by atoms with Gasteiger partial charge in [0.15, 0.2) is 5.82 Å². The van der Waals surface area contributed by atoms with Crippen LogP contribution in [0.5, 0.6) is 5.88 Å². The number of amides is 1. The minimum atomic E-state index is -3.04. The third-order valence-corrected chi connectivity index (χ3v) is 8.28. The first-order chi connectivity index (χ1) is 20.2. The summed E-state index contributed by atoms with van der Waals surface area (Å²) >= 11 is 0. The lowest BCUT2D eigenvalue weighted by molar-refractivity contribution is -0.0557. The van der Waals surface area contributed by atoms with E-state index in [1.165, 1.54) is 17.4 Å². The summed E-state index contributed by atoms with van der Waals surface area (Å²) in [6, 6.07) is 7.29. The number of carbonyl (C=O) groups excluding carboxylic acids is 1. The number of aryl methyl sites for hydroxylation is 1. The lowest BCUT2D eigenvalue weighted by Gasteiger charge is -2.46. The van der Waals surface area contributed by atoms with Crippen molar-refractivity contribution in [3.8, 4) is 28.7 Å². The van der Waals surface area contributed by atoms with E-state index >= 15 is 0 Å². The lowest BCUT2D eigenvalue weighted by Crippen LogP contribution is -2.49. The Morgan fingerprint density at radius 1 is 1.12 bits per heavy atom. The summed E-state index contributed by atoms with van der Waals surface area (Å²) in [6.07, 6.45) is 8.52. The molecule has 12 heteroatoms. The van der Waals surface area contributed by atoms with Gasteiger partial charge in [0.2, 0.25) is 5.88 Å². The van der Waals surface area contributed by atoms with E-state index in [1.54, 1.807) is 37.1 Å². The van der Waals surface area contributed by atoms with E-state index in [9.17, 15) is 13.6 Å². The second-order valence-corrected chi connectivity index (χ2v) is 11.3. The number of ether oxygens (including phenoxy) is 2. The number of fused-ring (bicyclic) bond motifs is 2. The summed E-state index contributed by atoms with van der Waals surface area (Å²) in [5, 5.41) is 0. The van der Waals surface area contributed by atoms with E-state index in [-0.39, 0.29) is 12.2 Å². The number of methoxy groups -OCH3 is 1. The molecule has 0 saturated heterocycles. The van der Waals surface area contributed by atoms with Gasteiger partial charge in [-0.15, -0.1) is 0 Å².